The van der Waals surface area contributed by atoms with Gasteiger partial charge in [-0.25, -0.2) is 9.69 Å². The van der Waals surface area contributed by atoms with Crippen molar-refractivity contribution in [3.8, 4) is 0 Å². The quantitative estimate of drug-likeness (QED) is 0.603. The minimum atomic E-state index is -0.894. The van der Waals surface area contributed by atoms with Gasteiger partial charge in [0.15, 0.2) is 0 Å². The fourth-order valence-corrected chi connectivity index (χ4v) is 3.10. The summed E-state index contributed by atoms with van der Waals surface area (Å²) in [5.74, 6) is -1.93. The number of carbonyl (C=O) groups is 4. The van der Waals surface area contributed by atoms with Crippen molar-refractivity contribution >= 4 is 23.8 Å². The van der Waals surface area contributed by atoms with Crippen molar-refractivity contribution < 1.29 is 19.2 Å². The number of nitrogens with zero attached hydrogens (tertiary/aromatic N) is 2. The highest BCUT2D eigenvalue weighted by Crippen LogP contribution is 2.31. The first-order valence-corrected chi connectivity index (χ1v) is 7.93. The summed E-state index contributed by atoms with van der Waals surface area (Å²) in [4.78, 5) is 50.1. The summed E-state index contributed by atoms with van der Waals surface area (Å²) in [5, 5.41) is 2.60. The zero-order valence-electron chi connectivity index (χ0n) is 13.1. The molecule has 2 aliphatic rings. The lowest BCUT2D eigenvalue weighted by Crippen LogP contribution is -2.47. The average molecular weight is 309 g/mol. The van der Waals surface area contributed by atoms with Crippen LogP contribution in [0.1, 0.15) is 46.0 Å². The first-order valence-electron chi connectivity index (χ1n) is 7.93. The highest BCUT2D eigenvalue weighted by molar-refractivity contribution is 6.45. The summed E-state index contributed by atoms with van der Waals surface area (Å²) in [5.41, 5.74) is 0. The monoisotopic (exact) mass is 309 g/mol. The van der Waals surface area contributed by atoms with E-state index in [9.17, 15) is 19.2 Å². The second kappa shape index (κ2) is 6.89. The number of urea groups is 1. The predicted octanol–water partition coefficient (Wildman–Crippen LogP) is 0.882. The van der Waals surface area contributed by atoms with Gasteiger partial charge in [0.05, 0.1) is 0 Å². The van der Waals surface area contributed by atoms with E-state index in [1.165, 1.54) is 0 Å². The van der Waals surface area contributed by atoms with E-state index < -0.39 is 23.8 Å². The molecule has 0 radical (unpaired) electrons. The molecule has 5 amide bonds. The first kappa shape index (κ1) is 16.5. The van der Waals surface area contributed by atoms with E-state index in [-0.39, 0.29) is 18.5 Å². The highest BCUT2D eigenvalue weighted by atomic mass is 16.2. The summed E-state index contributed by atoms with van der Waals surface area (Å²) in [6, 6.07) is -0.887. The third-order valence-electron chi connectivity index (χ3n) is 4.36. The minimum absolute atomic E-state index is 0.184. The third kappa shape index (κ3) is 3.13. The summed E-state index contributed by atoms with van der Waals surface area (Å²) in [7, 11) is 0. The first-order chi connectivity index (χ1) is 10.5. The van der Waals surface area contributed by atoms with Crippen LogP contribution in [0.2, 0.25) is 0 Å². The Hall–Kier alpha value is -1.92. The van der Waals surface area contributed by atoms with Crippen LogP contribution in [0.4, 0.5) is 4.79 Å². The Morgan fingerprint density at radius 3 is 2.50 bits per heavy atom. The largest absolute Gasteiger partial charge is 0.355 e. The van der Waals surface area contributed by atoms with E-state index in [0.29, 0.717) is 6.54 Å². The molecule has 22 heavy (non-hydrogen) atoms. The maximum absolute atomic E-state index is 12.4. The molecule has 1 heterocycles. The molecule has 1 saturated heterocycles. The van der Waals surface area contributed by atoms with Gasteiger partial charge in [0.1, 0.15) is 6.54 Å². The molecule has 0 aromatic heterocycles. The molecule has 0 unspecified atom stereocenters. The lowest BCUT2D eigenvalue weighted by atomic mass is 9.85. The van der Waals surface area contributed by atoms with Crippen molar-refractivity contribution in [1.82, 2.24) is 15.1 Å². The number of hydrogen-bond donors (Lipinski definition) is 1. The van der Waals surface area contributed by atoms with Crippen molar-refractivity contribution in [2.75, 3.05) is 13.1 Å². The van der Waals surface area contributed by atoms with Crippen molar-refractivity contribution in [1.29, 1.82) is 0 Å². The highest BCUT2D eigenvalue weighted by Gasteiger charge is 2.49. The maximum Gasteiger partial charge on any atom is 0.334 e. The van der Waals surface area contributed by atoms with Crippen molar-refractivity contribution in [3.05, 3.63) is 0 Å². The van der Waals surface area contributed by atoms with Gasteiger partial charge in [-0.1, -0.05) is 26.7 Å². The minimum Gasteiger partial charge on any atom is -0.355 e. The van der Waals surface area contributed by atoms with Gasteiger partial charge in [0.25, 0.3) is 0 Å². The summed E-state index contributed by atoms with van der Waals surface area (Å²) < 4.78 is 0. The Kier molecular flexibility index (Phi) is 5.15. The Morgan fingerprint density at radius 1 is 1.18 bits per heavy atom. The normalized spacial score (nSPS) is 25.8. The Bertz CT molecular complexity index is 491. The molecule has 0 aromatic rings. The molecule has 1 aliphatic carbocycles. The Balaban J connectivity index is 2.08. The van der Waals surface area contributed by atoms with E-state index >= 15 is 0 Å². The average Bonchev–Trinajstić information content (AvgIpc) is 2.70. The van der Waals surface area contributed by atoms with Gasteiger partial charge in [-0.15, -0.1) is 0 Å². The van der Waals surface area contributed by atoms with Gasteiger partial charge < -0.3 is 5.32 Å². The number of rotatable bonds is 5. The van der Waals surface area contributed by atoms with E-state index in [1.54, 1.807) is 0 Å². The van der Waals surface area contributed by atoms with Crippen LogP contribution in [0.15, 0.2) is 0 Å². The molecule has 0 aromatic carbocycles. The molecule has 1 saturated carbocycles. The number of carbonyl (C=O) groups excluding carboxylic acids is 4. The van der Waals surface area contributed by atoms with Gasteiger partial charge in [-0.3, -0.25) is 19.3 Å². The summed E-state index contributed by atoms with van der Waals surface area (Å²) >= 11 is 0. The second-order valence-electron chi connectivity index (χ2n) is 6.03. The maximum atomic E-state index is 12.4. The van der Waals surface area contributed by atoms with Gasteiger partial charge in [-0.05, 0) is 25.2 Å². The molecule has 122 valence electrons. The van der Waals surface area contributed by atoms with Gasteiger partial charge in [-0.2, -0.15) is 0 Å². The fraction of sp³-hybridized carbons (Fsp3) is 0.733. The zero-order chi connectivity index (χ0) is 16.3. The third-order valence-corrected chi connectivity index (χ3v) is 4.36. The molecule has 2 atom stereocenters. The fourth-order valence-electron chi connectivity index (χ4n) is 3.10. The van der Waals surface area contributed by atoms with Crippen LogP contribution < -0.4 is 5.32 Å². The molecule has 1 aliphatic heterocycles. The standard InChI is InChI=1S/C15H23N3O4/c1-3-8-16-12(19)9-17-13(20)14(21)18(15(17)22)11-7-5-4-6-10(11)2/h10-11H,3-9H2,1-2H3,(H,16,19)/t10-,11-/m0/s1. The van der Waals surface area contributed by atoms with Crippen LogP contribution in [0, 0.1) is 5.92 Å². The van der Waals surface area contributed by atoms with Crippen LogP contribution in [-0.4, -0.2) is 52.7 Å². The van der Waals surface area contributed by atoms with Crippen LogP contribution in [0.25, 0.3) is 0 Å². The Labute approximate surface area is 130 Å². The van der Waals surface area contributed by atoms with E-state index in [0.717, 1.165) is 41.9 Å². The molecule has 2 fully saturated rings. The van der Waals surface area contributed by atoms with Gasteiger partial charge in [0, 0.05) is 12.6 Å². The molecule has 0 spiro atoms. The number of imide groups is 2. The molecular weight excluding hydrogens is 286 g/mol. The lowest BCUT2D eigenvalue weighted by molar-refractivity contribution is -0.145. The summed E-state index contributed by atoms with van der Waals surface area (Å²) in [6.45, 7) is 3.99. The van der Waals surface area contributed by atoms with Crippen LogP contribution >= 0.6 is 0 Å². The van der Waals surface area contributed by atoms with Crippen molar-refractivity contribution in [2.45, 2.75) is 52.0 Å². The zero-order valence-corrected chi connectivity index (χ0v) is 13.1. The Morgan fingerprint density at radius 2 is 1.86 bits per heavy atom. The van der Waals surface area contributed by atoms with Crippen molar-refractivity contribution in [3.63, 3.8) is 0 Å². The van der Waals surface area contributed by atoms with Crippen LogP contribution in [0.3, 0.4) is 0 Å². The smallest absolute Gasteiger partial charge is 0.334 e. The number of hydrogen-bond acceptors (Lipinski definition) is 4. The number of nitrogens with one attached hydrogen (secondary N) is 1. The molecule has 2 rings (SSSR count). The van der Waals surface area contributed by atoms with Crippen LogP contribution in [-0.2, 0) is 14.4 Å². The SMILES string of the molecule is CCCNC(=O)CN1C(=O)C(=O)N([C@H]2CCCC[C@@H]2C)C1=O. The summed E-state index contributed by atoms with van der Waals surface area (Å²) in [6.07, 6.45) is 4.44. The molecule has 1 N–H and O–H groups in total. The van der Waals surface area contributed by atoms with Gasteiger partial charge in [0.2, 0.25) is 5.91 Å². The van der Waals surface area contributed by atoms with E-state index in [2.05, 4.69) is 5.32 Å². The second-order valence-corrected chi connectivity index (χ2v) is 6.03. The van der Waals surface area contributed by atoms with Crippen LogP contribution in [0.5, 0.6) is 0 Å². The lowest BCUT2D eigenvalue weighted by Gasteiger charge is -2.34. The van der Waals surface area contributed by atoms with Crippen molar-refractivity contribution in [2.24, 2.45) is 5.92 Å². The van der Waals surface area contributed by atoms with E-state index in [1.807, 2.05) is 13.8 Å². The topological polar surface area (TPSA) is 86.8 Å². The molecular formula is C15H23N3O4. The predicted molar refractivity (Wildman–Crippen MR) is 78.7 cm³/mol. The molecule has 7 heteroatoms. The molecule has 0 bridgehead atoms. The number of amides is 5. The van der Waals surface area contributed by atoms with E-state index in [4.69, 9.17) is 0 Å². The molecule has 7 nitrogen and oxygen atoms in total. The van der Waals surface area contributed by atoms with Gasteiger partial charge >= 0.3 is 17.8 Å².